The number of halogens is 1. The standard InChI is InChI=1S/C18H28ClN3O3/c1-4-5-6-11-20-18(23)17(12-14(2)3)21(22(24)25)13-15-7-9-16(19)10-8-15/h7-10,14,17H,4-6,11-13H2,1-3H3,(H,20,23). The highest BCUT2D eigenvalue weighted by molar-refractivity contribution is 6.30. The van der Waals surface area contributed by atoms with Crippen molar-refractivity contribution in [3.05, 3.63) is 45.0 Å². The van der Waals surface area contributed by atoms with Crippen LogP contribution in [0.2, 0.25) is 5.02 Å². The fourth-order valence-corrected chi connectivity index (χ4v) is 2.70. The van der Waals surface area contributed by atoms with Crippen LogP contribution in [0.4, 0.5) is 0 Å². The van der Waals surface area contributed by atoms with Gasteiger partial charge in [-0.25, -0.2) is 10.1 Å². The summed E-state index contributed by atoms with van der Waals surface area (Å²) in [5.41, 5.74) is 0.744. The third-order valence-corrected chi connectivity index (χ3v) is 4.16. The molecule has 1 atom stereocenters. The van der Waals surface area contributed by atoms with Gasteiger partial charge < -0.3 is 5.32 Å². The summed E-state index contributed by atoms with van der Waals surface area (Å²) < 4.78 is 0. The summed E-state index contributed by atoms with van der Waals surface area (Å²) in [5.74, 6) is -0.116. The maximum Gasteiger partial charge on any atom is 0.248 e. The van der Waals surface area contributed by atoms with Gasteiger partial charge in [0.05, 0.1) is 0 Å². The number of nitro groups is 1. The maximum absolute atomic E-state index is 12.6. The number of carbonyl (C=O) groups is 1. The average Bonchev–Trinajstić information content (AvgIpc) is 2.55. The second kappa shape index (κ2) is 10.9. The molecule has 1 aromatic rings. The van der Waals surface area contributed by atoms with Crippen LogP contribution in [0.25, 0.3) is 0 Å². The van der Waals surface area contributed by atoms with Crippen LogP contribution in [0.3, 0.4) is 0 Å². The fraction of sp³-hybridized carbons (Fsp3) is 0.611. The van der Waals surface area contributed by atoms with Crippen molar-refractivity contribution in [1.29, 1.82) is 0 Å². The first kappa shape index (κ1) is 21.2. The molecule has 6 nitrogen and oxygen atoms in total. The summed E-state index contributed by atoms with van der Waals surface area (Å²) in [6.45, 7) is 6.61. The van der Waals surface area contributed by atoms with Crippen LogP contribution in [0.15, 0.2) is 24.3 Å². The van der Waals surface area contributed by atoms with E-state index in [4.69, 9.17) is 11.6 Å². The molecule has 0 aliphatic heterocycles. The third kappa shape index (κ3) is 7.73. The lowest BCUT2D eigenvalue weighted by Gasteiger charge is -2.25. The molecule has 7 heteroatoms. The summed E-state index contributed by atoms with van der Waals surface area (Å²) in [6, 6.07) is 6.07. The van der Waals surface area contributed by atoms with Crippen LogP contribution >= 0.6 is 11.6 Å². The van der Waals surface area contributed by atoms with Crippen molar-refractivity contribution < 1.29 is 9.83 Å². The molecule has 0 saturated carbocycles. The van der Waals surface area contributed by atoms with E-state index in [0.29, 0.717) is 18.0 Å². The van der Waals surface area contributed by atoms with Crippen molar-refractivity contribution in [1.82, 2.24) is 10.3 Å². The largest absolute Gasteiger partial charge is 0.354 e. The van der Waals surface area contributed by atoms with Gasteiger partial charge in [-0.3, -0.25) is 4.79 Å². The van der Waals surface area contributed by atoms with E-state index in [-0.39, 0.29) is 18.4 Å². The zero-order chi connectivity index (χ0) is 18.8. The van der Waals surface area contributed by atoms with Crippen LogP contribution in [0.1, 0.15) is 52.0 Å². The molecule has 0 aliphatic carbocycles. The smallest absolute Gasteiger partial charge is 0.248 e. The van der Waals surface area contributed by atoms with E-state index in [1.807, 2.05) is 13.8 Å². The highest BCUT2D eigenvalue weighted by Gasteiger charge is 2.33. The van der Waals surface area contributed by atoms with Crippen LogP contribution in [0.5, 0.6) is 0 Å². The number of carbonyl (C=O) groups excluding carboxylic acids is 1. The molecule has 1 N–H and O–H groups in total. The molecule has 1 aromatic carbocycles. The first-order chi connectivity index (χ1) is 11.8. The summed E-state index contributed by atoms with van der Waals surface area (Å²) in [5, 5.41) is 15.6. The zero-order valence-corrected chi connectivity index (χ0v) is 16.0. The Morgan fingerprint density at radius 1 is 1.28 bits per heavy atom. The Morgan fingerprint density at radius 3 is 2.44 bits per heavy atom. The molecule has 0 fully saturated rings. The summed E-state index contributed by atoms with van der Waals surface area (Å²) in [6.07, 6.45) is 3.39. The van der Waals surface area contributed by atoms with E-state index < -0.39 is 11.1 Å². The van der Waals surface area contributed by atoms with E-state index in [1.165, 1.54) is 0 Å². The maximum atomic E-state index is 12.6. The van der Waals surface area contributed by atoms with Crippen LogP contribution in [-0.2, 0) is 11.3 Å². The Balaban J connectivity index is 2.87. The van der Waals surface area contributed by atoms with Crippen molar-refractivity contribution in [3.8, 4) is 0 Å². The molecule has 0 radical (unpaired) electrons. The Labute approximate surface area is 154 Å². The summed E-state index contributed by atoms with van der Waals surface area (Å²) in [4.78, 5) is 24.2. The van der Waals surface area contributed by atoms with E-state index >= 15 is 0 Å². The molecule has 25 heavy (non-hydrogen) atoms. The van der Waals surface area contributed by atoms with Gasteiger partial charge in [0.15, 0.2) is 11.1 Å². The molecule has 0 bridgehead atoms. The first-order valence-corrected chi connectivity index (χ1v) is 9.16. The normalized spacial score (nSPS) is 12.0. The number of rotatable bonds is 11. The van der Waals surface area contributed by atoms with Gasteiger partial charge in [0.25, 0.3) is 0 Å². The zero-order valence-electron chi connectivity index (χ0n) is 15.2. The highest BCUT2D eigenvalue weighted by atomic mass is 35.5. The topological polar surface area (TPSA) is 75.5 Å². The molecule has 0 heterocycles. The molecule has 140 valence electrons. The molecule has 0 spiro atoms. The molecular formula is C18H28ClN3O3. The molecule has 0 aliphatic rings. The van der Waals surface area contributed by atoms with Gasteiger partial charge in [0.2, 0.25) is 5.91 Å². The van der Waals surface area contributed by atoms with Gasteiger partial charge in [-0.2, -0.15) is 0 Å². The summed E-state index contributed by atoms with van der Waals surface area (Å²) >= 11 is 5.86. The molecule has 1 unspecified atom stereocenters. The highest BCUT2D eigenvalue weighted by Crippen LogP contribution is 2.17. The van der Waals surface area contributed by atoms with E-state index in [1.54, 1.807) is 24.3 Å². The second-order valence-electron chi connectivity index (χ2n) is 6.61. The second-order valence-corrected chi connectivity index (χ2v) is 7.04. The first-order valence-electron chi connectivity index (χ1n) is 8.78. The van der Waals surface area contributed by atoms with Gasteiger partial charge in [0.1, 0.15) is 6.54 Å². The minimum Gasteiger partial charge on any atom is -0.354 e. The molecule has 1 rings (SSSR count). The predicted octanol–water partition coefficient (Wildman–Crippen LogP) is 4.05. The fourth-order valence-electron chi connectivity index (χ4n) is 2.57. The van der Waals surface area contributed by atoms with E-state index in [9.17, 15) is 14.9 Å². The minimum atomic E-state index is -0.799. The van der Waals surface area contributed by atoms with Crippen molar-refractivity contribution in [2.24, 2.45) is 5.92 Å². The van der Waals surface area contributed by atoms with Crippen molar-refractivity contribution in [3.63, 3.8) is 0 Å². The van der Waals surface area contributed by atoms with Crippen molar-refractivity contribution in [2.75, 3.05) is 6.54 Å². The minimum absolute atomic E-state index is 0.0595. The number of benzene rings is 1. The van der Waals surface area contributed by atoms with Crippen LogP contribution in [0, 0.1) is 16.0 Å². The van der Waals surface area contributed by atoms with E-state index in [2.05, 4.69) is 12.2 Å². The Hall–Kier alpha value is -1.82. The number of hydrogen-bond donors (Lipinski definition) is 1. The van der Waals surface area contributed by atoms with Crippen molar-refractivity contribution >= 4 is 17.5 Å². The lowest BCUT2D eigenvalue weighted by Crippen LogP contribution is -2.49. The summed E-state index contributed by atoms with van der Waals surface area (Å²) in [7, 11) is 0. The molecule has 0 saturated heterocycles. The Morgan fingerprint density at radius 2 is 1.92 bits per heavy atom. The molecule has 0 aromatic heterocycles. The molecule has 1 amide bonds. The molecular weight excluding hydrogens is 342 g/mol. The van der Waals surface area contributed by atoms with Gasteiger partial charge in [0, 0.05) is 11.6 Å². The van der Waals surface area contributed by atoms with Gasteiger partial charge in [-0.1, -0.05) is 57.3 Å². The van der Waals surface area contributed by atoms with Crippen LogP contribution < -0.4 is 5.32 Å². The third-order valence-electron chi connectivity index (χ3n) is 3.90. The van der Waals surface area contributed by atoms with Gasteiger partial charge >= 0.3 is 0 Å². The van der Waals surface area contributed by atoms with Crippen molar-refractivity contribution in [2.45, 2.75) is 59.0 Å². The number of hydrogen-bond acceptors (Lipinski definition) is 3. The predicted molar refractivity (Wildman–Crippen MR) is 99.8 cm³/mol. The number of hydrazine groups is 1. The Kier molecular flexibility index (Phi) is 9.27. The number of nitrogens with one attached hydrogen (secondary N) is 1. The monoisotopic (exact) mass is 369 g/mol. The number of nitrogens with zero attached hydrogens (tertiary/aromatic N) is 2. The average molecular weight is 370 g/mol. The lowest BCUT2D eigenvalue weighted by atomic mass is 10.0. The van der Waals surface area contributed by atoms with Gasteiger partial charge in [-0.15, -0.1) is 5.01 Å². The SMILES string of the molecule is CCCCCNC(=O)C(CC(C)C)N(Cc1ccc(Cl)cc1)[N+](=O)[O-]. The van der Waals surface area contributed by atoms with Crippen LogP contribution in [-0.4, -0.2) is 28.5 Å². The quantitative estimate of drug-likeness (QED) is 0.362. The lowest BCUT2D eigenvalue weighted by molar-refractivity contribution is -0.665. The van der Waals surface area contributed by atoms with E-state index in [0.717, 1.165) is 29.8 Å². The number of amides is 1. The number of unbranched alkanes of at least 4 members (excludes halogenated alkanes) is 2. The van der Waals surface area contributed by atoms with Gasteiger partial charge in [-0.05, 0) is 36.5 Å². The Bertz CT molecular complexity index is 549.